The minimum absolute atomic E-state index is 0.178. The number of carbonyl (C=O) groups is 1. The SMILES string of the molecule is Cc1cc(CNC(C)CNC(=O)OC(C)(C)C)c(C)n1C. The minimum Gasteiger partial charge on any atom is -0.444 e. The van der Waals surface area contributed by atoms with E-state index in [-0.39, 0.29) is 12.1 Å². The summed E-state index contributed by atoms with van der Waals surface area (Å²) < 4.78 is 7.39. The molecule has 0 spiro atoms. The Hall–Kier alpha value is -1.49. The fraction of sp³-hybridized carbons (Fsp3) is 0.688. The van der Waals surface area contributed by atoms with Crippen LogP contribution in [0.25, 0.3) is 0 Å². The van der Waals surface area contributed by atoms with E-state index in [1.165, 1.54) is 17.0 Å². The highest BCUT2D eigenvalue weighted by atomic mass is 16.6. The normalized spacial score (nSPS) is 13.1. The van der Waals surface area contributed by atoms with E-state index in [1.54, 1.807) is 0 Å². The first-order valence-corrected chi connectivity index (χ1v) is 7.42. The van der Waals surface area contributed by atoms with Crippen molar-refractivity contribution in [3.05, 3.63) is 23.0 Å². The first kappa shape index (κ1) is 17.6. The molecule has 0 saturated carbocycles. The third kappa shape index (κ3) is 5.79. The number of hydrogen-bond donors (Lipinski definition) is 2. The monoisotopic (exact) mass is 295 g/mol. The number of nitrogens with one attached hydrogen (secondary N) is 2. The number of alkyl carbamates (subject to hydrolysis) is 1. The Balaban J connectivity index is 2.36. The number of aromatic nitrogens is 1. The molecule has 1 rings (SSSR count). The van der Waals surface area contributed by atoms with Crippen LogP contribution in [0.15, 0.2) is 6.07 Å². The Morgan fingerprint density at radius 1 is 1.38 bits per heavy atom. The highest BCUT2D eigenvalue weighted by Gasteiger charge is 2.16. The predicted octanol–water partition coefficient (Wildman–Crippen LogP) is 2.64. The molecule has 21 heavy (non-hydrogen) atoms. The number of ether oxygens (including phenoxy) is 1. The first-order chi connectivity index (χ1) is 9.60. The van der Waals surface area contributed by atoms with Crippen LogP contribution in [0, 0.1) is 13.8 Å². The summed E-state index contributed by atoms with van der Waals surface area (Å²) in [6.45, 7) is 13.2. The molecule has 0 fully saturated rings. The van der Waals surface area contributed by atoms with Crippen LogP contribution in [0.3, 0.4) is 0 Å². The van der Waals surface area contributed by atoms with E-state index in [4.69, 9.17) is 4.74 Å². The fourth-order valence-corrected chi connectivity index (χ4v) is 2.02. The van der Waals surface area contributed by atoms with Crippen LogP contribution in [-0.4, -0.2) is 28.8 Å². The molecule has 1 unspecified atom stereocenters. The van der Waals surface area contributed by atoms with Crippen molar-refractivity contribution in [3.63, 3.8) is 0 Å². The van der Waals surface area contributed by atoms with Gasteiger partial charge in [-0.05, 0) is 53.2 Å². The van der Waals surface area contributed by atoms with Gasteiger partial charge in [-0.25, -0.2) is 4.79 Å². The highest BCUT2D eigenvalue weighted by molar-refractivity contribution is 5.67. The van der Waals surface area contributed by atoms with E-state index >= 15 is 0 Å². The molecule has 0 bridgehead atoms. The second-order valence-corrected chi connectivity index (χ2v) is 6.62. The molecule has 2 N–H and O–H groups in total. The highest BCUT2D eigenvalue weighted by Crippen LogP contribution is 2.12. The van der Waals surface area contributed by atoms with Crippen molar-refractivity contribution in [2.75, 3.05) is 6.54 Å². The zero-order valence-corrected chi connectivity index (χ0v) is 14.3. The molecule has 120 valence electrons. The maximum absolute atomic E-state index is 11.6. The lowest BCUT2D eigenvalue weighted by Gasteiger charge is -2.21. The lowest BCUT2D eigenvalue weighted by atomic mass is 10.2. The molecule has 0 saturated heterocycles. The van der Waals surface area contributed by atoms with Crippen LogP contribution in [0.5, 0.6) is 0 Å². The summed E-state index contributed by atoms with van der Waals surface area (Å²) in [5, 5.41) is 6.19. The summed E-state index contributed by atoms with van der Waals surface area (Å²) in [6.07, 6.45) is -0.372. The summed E-state index contributed by atoms with van der Waals surface area (Å²) in [7, 11) is 2.07. The fourth-order valence-electron chi connectivity index (χ4n) is 2.02. The minimum atomic E-state index is -0.459. The average Bonchev–Trinajstić information content (AvgIpc) is 2.59. The van der Waals surface area contributed by atoms with Crippen LogP contribution in [0.1, 0.15) is 44.6 Å². The topological polar surface area (TPSA) is 55.3 Å². The van der Waals surface area contributed by atoms with Crippen LogP contribution in [0.2, 0.25) is 0 Å². The third-order valence-corrected chi connectivity index (χ3v) is 3.47. The number of carbonyl (C=O) groups excluding carboxylic acids is 1. The second kappa shape index (κ2) is 6.98. The quantitative estimate of drug-likeness (QED) is 0.878. The van der Waals surface area contributed by atoms with Gasteiger partial charge in [-0.2, -0.15) is 0 Å². The van der Waals surface area contributed by atoms with E-state index in [1.807, 2.05) is 27.7 Å². The number of aryl methyl sites for hydroxylation is 1. The van der Waals surface area contributed by atoms with E-state index in [9.17, 15) is 4.79 Å². The van der Waals surface area contributed by atoms with Crippen molar-refractivity contribution < 1.29 is 9.53 Å². The number of amides is 1. The number of hydrogen-bond acceptors (Lipinski definition) is 3. The van der Waals surface area contributed by atoms with E-state index < -0.39 is 5.60 Å². The third-order valence-electron chi connectivity index (χ3n) is 3.47. The van der Waals surface area contributed by atoms with Gasteiger partial charge in [0.05, 0.1) is 0 Å². The van der Waals surface area contributed by atoms with Gasteiger partial charge in [-0.1, -0.05) is 0 Å². The van der Waals surface area contributed by atoms with Crippen LogP contribution >= 0.6 is 0 Å². The summed E-state index contributed by atoms with van der Waals surface area (Å²) in [5.74, 6) is 0. The number of rotatable bonds is 5. The van der Waals surface area contributed by atoms with Gasteiger partial charge in [0.15, 0.2) is 0 Å². The van der Waals surface area contributed by atoms with Crippen molar-refractivity contribution >= 4 is 6.09 Å². The molecule has 0 aliphatic rings. The van der Waals surface area contributed by atoms with Gasteiger partial charge < -0.3 is 19.9 Å². The maximum atomic E-state index is 11.6. The molecular weight excluding hydrogens is 266 g/mol. The van der Waals surface area contributed by atoms with Crippen LogP contribution < -0.4 is 10.6 Å². The van der Waals surface area contributed by atoms with Crippen molar-refractivity contribution in [1.29, 1.82) is 0 Å². The Morgan fingerprint density at radius 2 is 2.00 bits per heavy atom. The largest absolute Gasteiger partial charge is 0.444 e. The predicted molar refractivity (Wildman–Crippen MR) is 85.4 cm³/mol. The number of nitrogens with zero attached hydrogens (tertiary/aromatic N) is 1. The first-order valence-electron chi connectivity index (χ1n) is 7.42. The maximum Gasteiger partial charge on any atom is 0.407 e. The summed E-state index contributed by atoms with van der Waals surface area (Å²) in [6, 6.07) is 2.37. The molecule has 1 aromatic rings. The van der Waals surface area contributed by atoms with Gasteiger partial charge in [0.25, 0.3) is 0 Å². The van der Waals surface area contributed by atoms with E-state index in [2.05, 4.69) is 42.2 Å². The average molecular weight is 295 g/mol. The molecular formula is C16H29N3O2. The van der Waals surface area contributed by atoms with Gasteiger partial charge >= 0.3 is 6.09 Å². The molecule has 0 radical (unpaired) electrons. The van der Waals surface area contributed by atoms with Crippen molar-refractivity contribution in [3.8, 4) is 0 Å². The molecule has 1 aromatic heterocycles. The van der Waals surface area contributed by atoms with Gasteiger partial charge in [0, 0.05) is 37.6 Å². The Kier molecular flexibility index (Phi) is 5.84. The molecule has 1 atom stereocenters. The van der Waals surface area contributed by atoms with Crippen molar-refractivity contribution in [1.82, 2.24) is 15.2 Å². The molecule has 1 amide bonds. The zero-order valence-electron chi connectivity index (χ0n) is 14.3. The summed E-state index contributed by atoms with van der Waals surface area (Å²) >= 11 is 0. The molecule has 1 heterocycles. The van der Waals surface area contributed by atoms with Gasteiger partial charge in [0.1, 0.15) is 5.60 Å². The Morgan fingerprint density at radius 3 is 2.48 bits per heavy atom. The second-order valence-electron chi connectivity index (χ2n) is 6.62. The van der Waals surface area contributed by atoms with Gasteiger partial charge in [-0.15, -0.1) is 0 Å². The lowest BCUT2D eigenvalue weighted by Crippen LogP contribution is -2.41. The van der Waals surface area contributed by atoms with Crippen LogP contribution in [0.4, 0.5) is 4.79 Å². The van der Waals surface area contributed by atoms with Crippen molar-refractivity contribution in [2.24, 2.45) is 7.05 Å². The van der Waals surface area contributed by atoms with Crippen molar-refractivity contribution in [2.45, 2.75) is 59.7 Å². The molecule has 5 heteroatoms. The molecule has 0 aliphatic heterocycles. The summed E-state index contributed by atoms with van der Waals surface area (Å²) in [4.78, 5) is 11.6. The Bertz CT molecular complexity index is 486. The molecule has 0 aromatic carbocycles. The summed E-state index contributed by atoms with van der Waals surface area (Å²) in [5.41, 5.74) is 3.36. The standard InChI is InChI=1S/C16H29N3O2/c1-11(9-18-15(20)21-16(4,5)6)17-10-14-8-12(2)19(7)13(14)3/h8,11,17H,9-10H2,1-7H3,(H,18,20). The van der Waals surface area contributed by atoms with E-state index in [0.29, 0.717) is 6.54 Å². The smallest absolute Gasteiger partial charge is 0.407 e. The zero-order chi connectivity index (χ0) is 16.2. The Labute approximate surface area is 128 Å². The van der Waals surface area contributed by atoms with Crippen LogP contribution in [-0.2, 0) is 18.3 Å². The van der Waals surface area contributed by atoms with Gasteiger partial charge in [0.2, 0.25) is 0 Å². The van der Waals surface area contributed by atoms with E-state index in [0.717, 1.165) is 6.54 Å². The van der Waals surface area contributed by atoms with Gasteiger partial charge in [-0.3, -0.25) is 0 Å². The molecule has 0 aliphatic carbocycles. The molecule has 5 nitrogen and oxygen atoms in total. The lowest BCUT2D eigenvalue weighted by molar-refractivity contribution is 0.0523.